The second kappa shape index (κ2) is 10.8. The molecule has 1 N–H and O–H groups in total. The lowest BCUT2D eigenvalue weighted by molar-refractivity contribution is 0.155. The van der Waals surface area contributed by atoms with Crippen LogP contribution in [0.15, 0.2) is 35.3 Å². The van der Waals surface area contributed by atoms with Gasteiger partial charge in [-0.2, -0.15) is 0 Å². The largest absolute Gasteiger partial charge is 0.356 e. The fourth-order valence-corrected chi connectivity index (χ4v) is 4.53. The molecule has 1 aromatic carbocycles. The van der Waals surface area contributed by atoms with E-state index in [-0.39, 0.29) is 0 Å². The molecule has 0 spiro atoms. The molecule has 0 saturated carbocycles. The van der Waals surface area contributed by atoms with Gasteiger partial charge in [-0.3, -0.25) is 9.89 Å². The number of hydrogen-bond acceptors (Lipinski definition) is 3. The fraction of sp³-hybridized carbons (Fsp3) is 0.696. The predicted molar refractivity (Wildman–Crippen MR) is 119 cm³/mol. The van der Waals surface area contributed by atoms with Gasteiger partial charge in [-0.15, -0.1) is 0 Å². The van der Waals surface area contributed by atoms with Gasteiger partial charge in [0, 0.05) is 59.4 Å². The normalized spacial score (nSPS) is 22.6. The first kappa shape index (κ1) is 21.1. The highest BCUT2D eigenvalue weighted by Crippen LogP contribution is 2.17. The van der Waals surface area contributed by atoms with Crippen molar-refractivity contribution < 1.29 is 0 Å². The van der Waals surface area contributed by atoms with Crippen molar-refractivity contribution in [2.75, 3.05) is 59.4 Å². The minimum Gasteiger partial charge on any atom is -0.356 e. The first-order valence-corrected chi connectivity index (χ1v) is 11.1. The smallest absolute Gasteiger partial charge is 0.193 e. The van der Waals surface area contributed by atoms with Crippen LogP contribution >= 0.6 is 0 Å². The topological polar surface area (TPSA) is 34.1 Å². The van der Waals surface area contributed by atoms with Crippen molar-refractivity contribution in [1.82, 2.24) is 20.0 Å². The summed E-state index contributed by atoms with van der Waals surface area (Å²) in [4.78, 5) is 12.2. The van der Waals surface area contributed by atoms with Gasteiger partial charge in [0.2, 0.25) is 0 Å². The summed E-state index contributed by atoms with van der Waals surface area (Å²) in [7, 11) is 1.92. The molecule has 1 atom stereocenters. The standard InChI is InChI=1S/C23H39N5/c1-20(2)17-27-11-7-10-22(19-27)16-25-23(24-3)28-14-12-26(13-15-28)18-21-8-5-4-6-9-21/h4-6,8-9,20,22H,7,10-19H2,1-3H3,(H,24,25). The highest BCUT2D eigenvalue weighted by atomic mass is 15.3. The number of piperazine rings is 1. The Balaban J connectivity index is 1.41. The van der Waals surface area contributed by atoms with E-state index in [0.29, 0.717) is 0 Å². The molecule has 2 saturated heterocycles. The second-order valence-electron chi connectivity index (χ2n) is 8.84. The van der Waals surface area contributed by atoms with Crippen LogP contribution in [0.1, 0.15) is 32.3 Å². The molecule has 2 aliphatic heterocycles. The summed E-state index contributed by atoms with van der Waals surface area (Å²) in [6.45, 7) is 14.8. The molecule has 5 heteroatoms. The van der Waals surface area contributed by atoms with Crippen LogP contribution in [0.4, 0.5) is 0 Å². The molecular formula is C23H39N5. The summed E-state index contributed by atoms with van der Waals surface area (Å²) in [5, 5.41) is 3.68. The highest BCUT2D eigenvalue weighted by molar-refractivity contribution is 5.80. The van der Waals surface area contributed by atoms with Gasteiger partial charge in [0.05, 0.1) is 0 Å². The van der Waals surface area contributed by atoms with Gasteiger partial charge in [-0.25, -0.2) is 0 Å². The lowest BCUT2D eigenvalue weighted by Gasteiger charge is -2.38. The molecule has 2 aliphatic rings. The van der Waals surface area contributed by atoms with Crippen molar-refractivity contribution in [2.24, 2.45) is 16.8 Å². The molecule has 28 heavy (non-hydrogen) atoms. The van der Waals surface area contributed by atoms with E-state index < -0.39 is 0 Å². The average molecular weight is 386 g/mol. The third kappa shape index (κ3) is 6.49. The van der Waals surface area contributed by atoms with Crippen LogP contribution in [-0.4, -0.2) is 80.1 Å². The fourth-order valence-electron chi connectivity index (χ4n) is 4.53. The quantitative estimate of drug-likeness (QED) is 0.603. The van der Waals surface area contributed by atoms with Crippen LogP contribution in [0.5, 0.6) is 0 Å². The zero-order valence-corrected chi connectivity index (χ0v) is 18.1. The maximum Gasteiger partial charge on any atom is 0.193 e. The Labute approximate surface area is 171 Å². The van der Waals surface area contributed by atoms with Gasteiger partial charge in [0.25, 0.3) is 0 Å². The number of benzene rings is 1. The molecule has 0 amide bonds. The Morgan fingerprint density at radius 2 is 1.82 bits per heavy atom. The van der Waals surface area contributed by atoms with Crippen LogP contribution < -0.4 is 5.32 Å². The Hall–Kier alpha value is -1.59. The number of nitrogens with zero attached hydrogens (tertiary/aromatic N) is 4. The van der Waals surface area contributed by atoms with Gasteiger partial charge in [-0.05, 0) is 36.8 Å². The lowest BCUT2D eigenvalue weighted by Crippen LogP contribution is -2.53. The maximum absolute atomic E-state index is 4.57. The van der Waals surface area contributed by atoms with Crippen LogP contribution in [0.25, 0.3) is 0 Å². The average Bonchev–Trinajstić information content (AvgIpc) is 2.70. The van der Waals surface area contributed by atoms with Gasteiger partial charge >= 0.3 is 0 Å². The number of piperidine rings is 1. The van der Waals surface area contributed by atoms with Gasteiger partial charge in [-0.1, -0.05) is 44.2 Å². The number of rotatable bonds is 6. The molecular weight excluding hydrogens is 346 g/mol. The van der Waals surface area contributed by atoms with E-state index in [4.69, 9.17) is 0 Å². The zero-order chi connectivity index (χ0) is 19.8. The Morgan fingerprint density at radius 3 is 2.50 bits per heavy atom. The van der Waals surface area contributed by atoms with Gasteiger partial charge < -0.3 is 15.1 Å². The monoisotopic (exact) mass is 385 g/mol. The number of guanidine groups is 1. The molecule has 1 aromatic rings. The van der Waals surface area contributed by atoms with E-state index >= 15 is 0 Å². The second-order valence-corrected chi connectivity index (χ2v) is 8.84. The maximum atomic E-state index is 4.57. The molecule has 1 unspecified atom stereocenters. The summed E-state index contributed by atoms with van der Waals surface area (Å²) in [5.74, 6) is 2.58. The van der Waals surface area contributed by atoms with Crippen molar-refractivity contribution >= 4 is 5.96 Å². The lowest BCUT2D eigenvalue weighted by atomic mass is 9.97. The van der Waals surface area contributed by atoms with Crippen LogP contribution in [-0.2, 0) is 6.54 Å². The Kier molecular flexibility index (Phi) is 8.16. The van der Waals surface area contributed by atoms with Gasteiger partial charge in [0.1, 0.15) is 0 Å². The van der Waals surface area contributed by atoms with E-state index in [9.17, 15) is 0 Å². The Bertz CT molecular complexity index is 592. The van der Waals surface area contributed by atoms with Gasteiger partial charge in [0.15, 0.2) is 5.96 Å². The molecule has 0 radical (unpaired) electrons. The van der Waals surface area contributed by atoms with Crippen molar-refractivity contribution in [3.05, 3.63) is 35.9 Å². The van der Waals surface area contributed by atoms with E-state index in [1.807, 2.05) is 7.05 Å². The van der Waals surface area contributed by atoms with E-state index in [0.717, 1.165) is 57.1 Å². The molecule has 156 valence electrons. The summed E-state index contributed by atoms with van der Waals surface area (Å²) in [5.41, 5.74) is 1.40. The molecule has 2 heterocycles. The molecule has 5 nitrogen and oxygen atoms in total. The summed E-state index contributed by atoms with van der Waals surface area (Å²) >= 11 is 0. The zero-order valence-electron chi connectivity index (χ0n) is 18.1. The van der Waals surface area contributed by atoms with Crippen LogP contribution in [0, 0.1) is 11.8 Å². The van der Waals surface area contributed by atoms with E-state index in [1.54, 1.807) is 0 Å². The SMILES string of the molecule is CN=C(NCC1CCCN(CC(C)C)C1)N1CCN(Cc2ccccc2)CC1. The predicted octanol–water partition coefficient (Wildman–Crippen LogP) is 2.75. The van der Waals surface area contributed by atoms with E-state index in [1.165, 1.54) is 38.0 Å². The molecule has 0 aliphatic carbocycles. The molecule has 0 bridgehead atoms. The van der Waals surface area contributed by atoms with E-state index in [2.05, 4.69) is 69.2 Å². The van der Waals surface area contributed by atoms with Crippen molar-refractivity contribution in [3.8, 4) is 0 Å². The minimum absolute atomic E-state index is 0.739. The Morgan fingerprint density at radius 1 is 1.07 bits per heavy atom. The number of hydrogen-bond donors (Lipinski definition) is 1. The first-order valence-electron chi connectivity index (χ1n) is 11.1. The third-order valence-corrected chi connectivity index (χ3v) is 5.91. The number of aliphatic imine (C=N–C) groups is 1. The summed E-state index contributed by atoms with van der Waals surface area (Å²) in [6.07, 6.45) is 2.67. The van der Waals surface area contributed by atoms with Crippen LogP contribution in [0.3, 0.4) is 0 Å². The number of likely N-dealkylation sites (tertiary alicyclic amines) is 1. The summed E-state index contributed by atoms with van der Waals surface area (Å²) < 4.78 is 0. The van der Waals surface area contributed by atoms with Crippen LogP contribution in [0.2, 0.25) is 0 Å². The summed E-state index contributed by atoms with van der Waals surface area (Å²) in [6, 6.07) is 10.8. The first-order chi connectivity index (χ1) is 13.6. The number of nitrogens with one attached hydrogen (secondary N) is 1. The minimum atomic E-state index is 0.739. The van der Waals surface area contributed by atoms with Crippen molar-refractivity contribution in [2.45, 2.75) is 33.2 Å². The highest BCUT2D eigenvalue weighted by Gasteiger charge is 2.23. The molecule has 2 fully saturated rings. The van der Waals surface area contributed by atoms with Crippen molar-refractivity contribution in [1.29, 1.82) is 0 Å². The molecule has 3 rings (SSSR count). The molecule has 0 aromatic heterocycles. The third-order valence-electron chi connectivity index (χ3n) is 5.91. The van der Waals surface area contributed by atoms with Crippen molar-refractivity contribution in [3.63, 3.8) is 0 Å².